The van der Waals surface area contributed by atoms with Crippen LogP contribution in [-0.2, 0) is 20.1 Å². The Morgan fingerprint density at radius 3 is 1.95 bits per heavy atom. The van der Waals surface area contributed by atoms with E-state index in [1.807, 2.05) is 67.0 Å². The van der Waals surface area contributed by atoms with E-state index in [1.165, 1.54) is 26.6 Å². The van der Waals surface area contributed by atoms with Gasteiger partial charge in [-0.15, -0.1) is 35.9 Å². The Morgan fingerprint density at radius 2 is 1.26 bits per heavy atom. The van der Waals surface area contributed by atoms with Crippen LogP contribution in [0.4, 0.5) is 0 Å². The van der Waals surface area contributed by atoms with Crippen LogP contribution >= 0.6 is 0 Å². The van der Waals surface area contributed by atoms with Gasteiger partial charge in [0.05, 0.1) is 0 Å². The molecule has 0 spiro atoms. The molecule has 0 saturated carbocycles. The number of hydrogen-bond acceptors (Lipinski definition) is 2. The number of benzene rings is 4. The van der Waals surface area contributed by atoms with E-state index in [1.54, 1.807) is 0 Å². The molecular weight excluding hydrogens is 761 g/mol. The molecule has 1 radical (unpaired) electrons. The smallest absolute Gasteiger partial charge is 0.0166 e. The van der Waals surface area contributed by atoms with Crippen LogP contribution < -0.4 is 4.40 Å². The summed E-state index contributed by atoms with van der Waals surface area (Å²) in [7, 11) is 0. The molecule has 0 N–H and O–H groups in total. The third-order valence-corrected chi connectivity index (χ3v) is 11.7. The van der Waals surface area contributed by atoms with Crippen LogP contribution in [-0.4, -0.2) is 23.2 Å². The van der Waals surface area contributed by atoms with Crippen molar-refractivity contribution in [1.82, 2.24) is 9.97 Å². The molecule has 1 atom stereocenters. The summed E-state index contributed by atoms with van der Waals surface area (Å²) in [6.45, 7) is 2.26. The first kappa shape index (κ1) is 32.3. The van der Waals surface area contributed by atoms with Crippen molar-refractivity contribution in [2.75, 3.05) is 0 Å². The second-order valence-corrected chi connectivity index (χ2v) is 22.0. The van der Waals surface area contributed by atoms with Crippen LogP contribution in [0.25, 0.3) is 33.6 Å². The van der Waals surface area contributed by atoms with Crippen LogP contribution in [0.15, 0.2) is 140 Å². The molecule has 0 aliphatic carbocycles. The quantitative estimate of drug-likeness (QED) is 0.124. The number of nitrogens with zero attached hydrogens (tertiary/aromatic N) is 2. The molecule has 43 heavy (non-hydrogen) atoms. The van der Waals surface area contributed by atoms with E-state index in [0.29, 0.717) is 5.92 Å². The molecule has 6 aromatic rings. The van der Waals surface area contributed by atoms with Gasteiger partial charge in [0.15, 0.2) is 0 Å². The summed E-state index contributed by atoms with van der Waals surface area (Å²) in [4.78, 5) is 9.06. The fraction of sp³-hybridized carbons (Fsp3) is 0.128. The molecule has 4 heteroatoms. The summed E-state index contributed by atoms with van der Waals surface area (Å²) in [6, 6.07) is 50.4. The molecule has 6 rings (SSSR count). The number of hydrogen-bond donors (Lipinski definition) is 0. The van der Waals surface area contributed by atoms with Crippen molar-refractivity contribution in [2.24, 2.45) is 0 Å². The zero-order valence-electron chi connectivity index (χ0n) is 25.1. The first-order valence-electron chi connectivity index (χ1n) is 14.4. The van der Waals surface area contributed by atoms with Gasteiger partial charge in [0, 0.05) is 26.3 Å². The van der Waals surface area contributed by atoms with Crippen LogP contribution in [0.3, 0.4) is 0 Å². The molecule has 0 fully saturated rings. The minimum absolute atomic E-state index is 0. The second kappa shape index (κ2) is 15.2. The predicted molar refractivity (Wildman–Crippen MR) is 179 cm³/mol. The van der Waals surface area contributed by atoms with Gasteiger partial charge in [0.1, 0.15) is 0 Å². The zero-order chi connectivity index (χ0) is 29.4. The summed E-state index contributed by atoms with van der Waals surface area (Å²) in [6.07, 6.45) is 3.80. The second-order valence-electron chi connectivity index (χ2n) is 11.4. The first-order chi connectivity index (χ1) is 20.4. The van der Waals surface area contributed by atoms with Crippen molar-refractivity contribution in [1.29, 1.82) is 0 Å². The molecule has 0 aliphatic rings. The largest absolute Gasteiger partial charge is 0.305 e. The van der Waals surface area contributed by atoms with Gasteiger partial charge in [-0.1, -0.05) is 36.4 Å². The molecule has 0 bridgehead atoms. The Hall–Kier alpha value is -3.63. The molecular formula is C39H36GeIrN2-2. The van der Waals surface area contributed by atoms with E-state index >= 15 is 0 Å². The summed E-state index contributed by atoms with van der Waals surface area (Å²) >= 11 is -1.87. The van der Waals surface area contributed by atoms with E-state index in [9.17, 15) is 0 Å². The molecule has 2 heterocycles. The SMILES string of the molecule is CC(c1ccccc1)c1ccc[c-]c1-c1c[c]([Ge]([CH3])([CH3])[CH3])ccn1.[Ir].[c-]1ccccc1-c1cc(-c2ccccc2)ccn1. The molecule has 2 aromatic heterocycles. The van der Waals surface area contributed by atoms with E-state index < -0.39 is 13.3 Å². The van der Waals surface area contributed by atoms with Crippen LogP contribution in [0.5, 0.6) is 0 Å². The van der Waals surface area contributed by atoms with E-state index in [2.05, 4.69) is 119 Å². The van der Waals surface area contributed by atoms with Gasteiger partial charge in [0.25, 0.3) is 0 Å². The molecule has 0 amide bonds. The molecule has 4 aromatic carbocycles. The Bertz CT molecular complexity index is 1660. The van der Waals surface area contributed by atoms with E-state index in [-0.39, 0.29) is 20.1 Å². The van der Waals surface area contributed by atoms with Crippen molar-refractivity contribution < 1.29 is 20.1 Å². The Balaban J connectivity index is 0.000000199. The molecule has 2 nitrogen and oxygen atoms in total. The Kier molecular flexibility index (Phi) is 11.4. The van der Waals surface area contributed by atoms with Crippen molar-refractivity contribution in [3.63, 3.8) is 0 Å². The first-order valence-corrected chi connectivity index (χ1v) is 21.8. The van der Waals surface area contributed by atoms with Gasteiger partial charge in [-0.05, 0) is 22.9 Å². The molecule has 1 unspecified atom stereocenters. The van der Waals surface area contributed by atoms with Crippen molar-refractivity contribution in [3.05, 3.63) is 163 Å². The van der Waals surface area contributed by atoms with Gasteiger partial charge < -0.3 is 4.98 Å². The number of pyridine rings is 2. The molecule has 0 saturated heterocycles. The average Bonchev–Trinajstić information content (AvgIpc) is 3.06. The van der Waals surface area contributed by atoms with Crippen LogP contribution in [0.1, 0.15) is 24.0 Å². The van der Waals surface area contributed by atoms with E-state index in [0.717, 1.165) is 22.5 Å². The van der Waals surface area contributed by atoms with Gasteiger partial charge >= 0.3 is 148 Å². The van der Waals surface area contributed by atoms with E-state index in [4.69, 9.17) is 0 Å². The fourth-order valence-corrected chi connectivity index (χ4v) is 7.33. The zero-order valence-corrected chi connectivity index (χ0v) is 29.6. The summed E-state index contributed by atoms with van der Waals surface area (Å²) in [5, 5.41) is 0. The van der Waals surface area contributed by atoms with Crippen LogP contribution in [0, 0.1) is 12.1 Å². The van der Waals surface area contributed by atoms with Gasteiger partial charge in [-0.25, -0.2) is 0 Å². The normalized spacial score (nSPS) is 11.4. The minimum atomic E-state index is -1.87. The third kappa shape index (κ3) is 8.48. The van der Waals surface area contributed by atoms with Gasteiger partial charge in [-0.2, -0.15) is 0 Å². The minimum Gasteiger partial charge on any atom is -0.305 e. The third-order valence-electron chi connectivity index (χ3n) is 7.39. The maximum absolute atomic E-state index is 4.66. The number of rotatable bonds is 6. The molecule has 0 aliphatic heterocycles. The maximum Gasteiger partial charge on any atom is 0.0166 e. The Morgan fingerprint density at radius 1 is 0.605 bits per heavy atom. The van der Waals surface area contributed by atoms with Crippen molar-refractivity contribution >= 4 is 17.7 Å². The maximum atomic E-state index is 4.66. The predicted octanol–water partition coefficient (Wildman–Crippen LogP) is 9.46. The summed E-state index contributed by atoms with van der Waals surface area (Å²) in [5.74, 6) is 7.57. The van der Waals surface area contributed by atoms with Crippen molar-refractivity contribution in [2.45, 2.75) is 30.1 Å². The van der Waals surface area contributed by atoms with Gasteiger partial charge in [0.2, 0.25) is 0 Å². The standard InChI is InChI=1S/C22H24GeN.C17H12N.Ir/c1-17(18-10-6-5-7-11-18)20-12-8-9-13-21(20)22-16-19(14-15-24-22)23(2,3)4;1-3-7-14(8-4-1)16-11-12-18-17(13-16)15-9-5-2-6-10-15;/h5-12,14-17H,1-4H3;1-9,11-13H;/q2*-1;. The summed E-state index contributed by atoms with van der Waals surface area (Å²) in [5.41, 5.74) is 9.15. The van der Waals surface area contributed by atoms with Gasteiger partial charge in [-0.3, -0.25) is 0 Å². The fourth-order valence-electron chi connectivity index (χ4n) is 4.93. The Labute approximate surface area is 273 Å². The molecule has 217 valence electrons. The number of aromatic nitrogens is 2. The average molecular weight is 798 g/mol. The topological polar surface area (TPSA) is 25.8 Å². The summed E-state index contributed by atoms with van der Waals surface area (Å²) < 4.78 is 1.48. The van der Waals surface area contributed by atoms with Crippen LogP contribution in [0.2, 0.25) is 17.3 Å². The van der Waals surface area contributed by atoms with Crippen molar-refractivity contribution in [3.8, 4) is 33.6 Å². The monoisotopic (exact) mass is 799 g/mol.